The number of hydrogen-bond acceptors (Lipinski definition) is 1. The first kappa shape index (κ1) is 16.3. The summed E-state index contributed by atoms with van der Waals surface area (Å²) in [5, 5.41) is 3.43. The molecule has 2 heteroatoms. The maximum absolute atomic E-state index is 3.59. The van der Waals surface area contributed by atoms with Gasteiger partial charge in [-0.05, 0) is 60.7 Å². The van der Waals surface area contributed by atoms with Crippen LogP contribution >= 0.6 is 15.9 Å². The van der Waals surface area contributed by atoms with Crippen molar-refractivity contribution in [3.8, 4) is 0 Å². The maximum Gasteiger partial charge on any atom is 0.0574 e. The smallest absolute Gasteiger partial charge is 0.0574 e. The highest BCUT2D eigenvalue weighted by atomic mass is 79.9. The minimum Gasteiger partial charge on any atom is -0.309 e. The first-order chi connectivity index (χ1) is 9.99. The number of nitrogens with one attached hydrogen (secondary N) is 1. The summed E-state index contributed by atoms with van der Waals surface area (Å²) in [7, 11) is 2.02. The van der Waals surface area contributed by atoms with Crippen LogP contribution in [-0.2, 0) is 6.42 Å². The van der Waals surface area contributed by atoms with E-state index in [4.69, 9.17) is 0 Å². The summed E-state index contributed by atoms with van der Waals surface area (Å²) in [5.74, 6) is 0.698. The monoisotopic (exact) mass is 345 g/mol. The van der Waals surface area contributed by atoms with E-state index in [1.165, 1.54) is 22.3 Å². The molecule has 0 amide bonds. The molecule has 0 aliphatic carbocycles. The maximum atomic E-state index is 3.59. The summed E-state index contributed by atoms with van der Waals surface area (Å²) in [4.78, 5) is 0. The van der Waals surface area contributed by atoms with Crippen molar-refractivity contribution in [2.45, 2.75) is 33.2 Å². The van der Waals surface area contributed by atoms with E-state index < -0.39 is 0 Å². The van der Waals surface area contributed by atoms with Crippen molar-refractivity contribution in [3.05, 3.63) is 69.2 Å². The van der Waals surface area contributed by atoms with Crippen LogP contribution in [0, 0.1) is 12.8 Å². The van der Waals surface area contributed by atoms with Crippen molar-refractivity contribution in [2.24, 2.45) is 5.92 Å². The molecular weight excluding hydrogens is 322 g/mol. The van der Waals surface area contributed by atoms with Crippen molar-refractivity contribution in [3.63, 3.8) is 0 Å². The van der Waals surface area contributed by atoms with Crippen molar-refractivity contribution in [1.82, 2.24) is 5.32 Å². The molecule has 0 bridgehead atoms. The lowest BCUT2D eigenvalue weighted by Crippen LogP contribution is -2.17. The number of halogens is 1. The number of hydrogen-bond donors (Lipinski definition) is 1. The van der Waals surface area contributed by atoms with Gasteiger partial charge >= 0.3 is 0 Å². The van der Waals surface area contributed by atoms with Gasteiger partial charge < -0.3 is 5.32 Å². The molecule has 0 radical (unpaired) electrons. The molecule has 2 aromatic rings. The van der Waals surface area contributed by atoms with Gasteiger partial charge in [0, 0.05) is 4.47 Å². The van der Waals surface area contributed by atoms with Crippen LogP contribution < -0.4 is 5.32 Å². The summed E-state index contributed by atoms with van der Waals surface area (Å²) in [5.41, 5.74) is 5.29. The van der Waals surface area contributed by atoms with Crippen molar-refractivity contribution in [2.75, 3.05) is 7.05 Å². The number of aryl methyl sites for hydroxylation is 1. The lowest BCUT2D eigenvalue weighted by atomic mass is 9.95. The molecule has 0 aliphatic heterocycles. The molecule has 21 heavy (non-hydrogen) atoms. The molecule has 0 aliphatic rings. The van der Waals surface area contributed by atoms with Gasteiger partial charge in [-0.2, -0.15) is 0 Å². The molecule has 2 aromatic carbocycles. The zero-order chi connectivity index (χ0) is 15.4. The lowest BCUT2D eigenvalue weighted by Gasteiger charge is -2.19. The quantitative estimate of drug-likeness (QED) is 0.778. The van der Waals surface area contributed by atoms with E-state index in [0.717, 1.165) is 10.9 Å². The highest BCUT2D eigenvalue weighted by Crippen LogP contribution is 2.26. The standard InChI is InChI=1S/C19H24BrN/c1-13(2)9-15-5-7-16(8-6-15)19(21-4)17-10-14(3)11-18(20)12-17/h5-8,10-13,19,21H,9H2,1-4H3. The van der Waals surface area contributed by atoms with Crippen LogP contribution in [-0.4, -0.2) is 7.05 Å². The first-order valence-electron chi connectivity index (χ1n) is 7.52. The van der Waals surface area contributed by atoms with Crippen molar-refractivity contribution in [1.29, 1.82) is 0 Å². The summed E-state index contributed by atoms with van der Waals surface area (Å²) >= 11 is 3.59. The van der Waals surface area contributed by atoms with Crippen LogP contribution in [0.5, 0.6) is 0 Å². The first-order valence-corrected chi connectivity index (χ1v) is 8.32. The Kier molecular flexibility index (Phi) is 5.60. The van der Waals surface area contributed by atoms with E-state index in [-0.39, 0.29) is 6.04 Å². The van der Waals surface area contributed by atoms with Crippen LogP contribution in [0.1, 0.15) is 42.1 Å². The van der Waals surface area contributed by atoms with Gasteiger partial charge in [0.2, 0.25) is 0 Å². The average Bonchev–Trinajstić information content (AvgIpc) is 2.40. The lowest BCUT2D eigenvalue weighted by molar-refractivity contribution is 0.645. The Morgan fingerprint density at radius 2 is 1.67 bits per heavy atom. The van der Waals surface area contributed by atoms with E-state index >= 15 is 0 Å². The molecule has 1 unspecified atom stereocenters. The Hall–Kier alpha value is -1.12. The molecule has 0 saturated heterocycles. The van der Waals surface area contributed by atoms with E-state index in [1.807, 2.05) is 7.05 Å². The molecule has 0 saturated carbocycles. The topological polar surface area (TPSA) is 12.0 Å². The molecule has 1 N–H and O–H groups in total. The fourth-order valence-electron chi connectivity index (χ4n) is 2.77. The van der Waals surface area contributed by atoms with Gasteiger partial charge in [0.25, 0.3) is 0 Å². The fraction of sp³-hybridized carbons (Fsp3) is 0.368. The van der Waals surface area contributed by atoms with Crippen LogP contribution in [0.3, 0.4) is 0 Å². The van der Waals surface area contributed by atoms with Crippen LogP contribution in [0.4, 0.5) is 0 Å². The second-order valence-corrected chi connectivity index (χ2v) is 7.04. The molecular formula is C19H24BrN. The molecule has 1 nitrogen and oxygen atoms in total. The highest BCUT2D eigenvalue weighted by molar-refractivity contribution is 9.10. The minimum absolute atomic E-state index is 0.231. The van der Waals surface area contributed by atoms with Gasteiger partial charge in [-0.3, -0.25) is 0 Å². The van der Waals surface area contributed by atoms with Gasteiger partial charge in [0.05, 0.1) is 6.04 Å². The van der Waals surface area contributed by atoms with Crippen molar-refractivity contribution >= 4 is 15.9 Å². The summed E-state index contributed by atoms with van der Waals surface area (Å²) in [6, 6.07) is 15.8. The predicted molar refractivity (Wildman–Crippen MR) is 94.8 cm³/mol. The number of benzene rings is 2. The molecule has 0 aromatic heterocycles. The normalized spacial score (nSPS) is 12.7. The van der Waals surface area contributed by atoms with Crippen molar-refractivity contribution < 1.29 is 0 Å². The molecule has 0 fully saturated rings. The van der Waals surface area contributed by atoms with E-state index in [2.05, 4.69) is 84.5 Å². The zero-order valence-electron chi connectivity index (χ0n) is 13.3. The fourth-order valence-corrected chi connectivity index (χ4v) is 3.40. The Morgan fingerprint density at radius 1 is 1.00 bits per heavy atom. The van der Waals surface area contributed by atoms with E-state index in [1.54, 1.807) is 0 Å². The molecule has 2 rings (SSSR count). The van der Waals surface area contributed by atoms with E-state index in [0.29, 0.717) is 5.92 Å². The summed E-state index contributed by atoms with van der Waals surface area (Å²) in [6.45, 7) is 6.65. The van der Waals surface area contributed by atoms with Gasteiger partial charge in [-0.1, -0.05) is 60.1 Å². The Bertz CT molecular complexity index is 567. The average molecular weight is 346 g/mol. The Labute approximate surface area is 136 Å². The van der Waals surface area contributed by atoms with Gasteiger partial charge in [-0.25, -0.2) is 0 Å². The predicted octanol–water partition coefficient (Wildman–Crippen LogP) is 5.26. The zero-order valence-corrected chi connectivity index (χ0v) is 14.9. The second kappa shape index (κ2) is 7.24. The Balaban J connectivity index is 2.28. The van der Waals surface area contributed by atoms with E-state index in [9.17, 15) is 0 Å². The molecule has 1 atom stereocenters. The summed E-state index contributed by atoms with van der Waals surface area (Å²) in [6.07, 6.45) is 1.14. The Morgan fingerprint density at radius 3 is 2.19 bits per heavy atom. The van der Waals surface area contributed by atoms with Crippen LogP contribution in [0.2, 0.25) is 0 Å². The highest BCUT2D eigenvalue weighted by Gasteiger charge is 2.13. The van der Waals surface area contributed by atoms with Gasteiger partial charge in [0.15, 0.2) is 0 Å². The molecule has 0 spiro atoms. The van der Waals surface area contributed by atoms with Gasteiger partial charge in [0.1, 0.15) is 0 Å². The minimum atomic E-state index is 0.231. The third kappa shape index (κ3) is 4.42. The SMILES string of the molecule is CNC(c1ccc(CC(C)C)cc1)c1cc(C)cc(Br)c1. The van der Waals surface area contributed by atoms with Crippen LogP contribution in [0.25, 0.3) is 0 Å². The summed E-state index contributed by atoms with van der Waals surface area (Å²) < 4.78 is 1.13. The van der Waals surface area contributed by atoms with Crippen LogP contribution in [0.15, 0.2) is 46.9 Å². The number of rotatable bonds is 5. The van der Waals surface area contributed by atoms with Gasteiger partial charge in [-0.15, -0.1) is 0 Å². The third-order valence-electron chi connectivity index (χ3n) is 3.64. The second-order valence-electron chi connectivity index (χ2n) is 6.12. The third-order valence-corrected chi connectivity index (χ3v) is 4.10. The largest absolute Gasteiger partial charge is 0.309 e. The molecule has 112 valence electrons. The molecule has 0 heterocycles.